The molecule has 0 aromatic carbocycles. The van der Waals surface area contributed by atoms with Crippen LogP contribution >= 0.6 is 31.3 Å². The molecule has 32 heavy (non-hydrogen) atoms. The highest BCUT2D eigenvalue weighted by Crippen LogP contribution is 2.45. The monoisotopic (exact) mass is 606 g/mol. The minimum atomic E-state index is -5.43. The van der Waals surface area contributed by atoms with Crippen molar-refractivity contribution in [3.63, 3.8) is 0 Å². The molecule has 0 amide bonds. The second-order valence-electron chi connectivity index (χ2n) is 3.69. The Bertz CT molecular complexity index is 889. The van der Waals surface area contributed by atoms with Gasteiger partial charge in [0.05, 0.1) is 0 Å². The van der Waals surface area contributed by atoms with Gasteiger partial charge >= 0.3 is 64.0 Å². The molecule has 0 bridgehead atoms. The van der Waals surface area contributed by atoms with E-state index in [0.29, 0.717) is 0 Å². The van der Waals surface area contributed by atoms with Crippen LogP contribution in [0.2, 0.25) is 0 Å². The molecule has 0 radical (unpaired) electrons. The highest BCUT2D eigenvalue weighted by atomic mass is 32.3. The summed E-state index contributed by atoms with van der Waals surface area (Å²) >= 11 is 0. The Hall–Kier alpha value is -0.720. The van der Waals surface area contributed by atoms with Crippen molar-refractivity contribution in [2.24, 2.45) is 0 Å². The summed E-state index contributed by atoms with van der Waals surface area (Å²) in [6, 6.07) is 0. The maximum Gasteiger partial charge on any atom is 0.486 e. The molecule has 10 N–H and O–H groups in total. The summed E-state index contributed by atoms with van der Waals surface area (Å²) in [6.07, 6.45) is 0. The predicted molar refractivity (Wildman–Crippen MR) is 85.6 cm³/mol. The van der Waals surface area contributed by atoms with Crippen LogP contribution in [0.15, 0.2) is 0 Å². The maximum absolute atomic E-state index is 10.2. The molecule has 0 rings (SSSR count). The van der Waals surface area contributed by atoms with Gasteiger partial charge in [-0.2, -0.15) is 16.8 Å². The lowest BCUT2D eigenvalue weighted by atomic mass is 10.7. The van der Waals surface area contributed by atoms with Gasteiger partial charge in [0.2, 0.25) is 0 Å². The van der Waals surface area contributed by atoms with Crippen LogP contribution in [-0.2, 0) is 64.5 Å². The largest absolute Gasteiger partial charge is 0.486 e. The average molecular weight is 606 g/mol. The van der Waals surface area contributed by atoms with E-state index >= 15 is 0 Å². The Morgan fingerprint density at radius 1 is 0.469 bits per heavy atom. The fourth-order valence-electron chi connectivity index (χ4n) is 0.503. The van der Waals surface area contributed by atoms with Gasteiger partial charge in [-0.1, -0.05) is 0 Å². The van der Waals surface area contributed by atoms with Crippen LogP contribution in [0.4, 0.5) is 0 Å². The van der Waals surface area contributed by atoms with E-state index in [1.54, 1.807) is 0 Å². The molecule has 0 aliphatic rings. The summed E-state index contributed by atoms with van der Waals surface area (Å²) in [5.41, 5.74) is 0. The zero-order valence-electron chi connectivity index (χ0n) is 13.8. The quantitative estimate of drug-likeness (QED) is 0.0930. The van der Waals surface area contributed by atoms with Crippen LogP contribution in [0.3, 0.4) is 0 Å². The predicted octanol–water partition coefficient (Wildman–Crippen LogP) is -3.94. The molecule has 0 heterocycles. The van der Waals surface area contributed by atoms with Crippen molar-refractivity contribution in [2.45, 2.75) is 0 Å². The zero-order chi connectivity index (χ0) is 27.0. The van der Waals surface area contributed by atoms with Gasteiger partial charge in [-0.3, -0.25) is 0 Å². The molecular weight excluding hydrogens is 596 g/mol. The summed E-state index contributed by atoms with van der Waals surface area (Å²) in [6.45, 7) is 0. The molecule has 0 aliphatic carbocycles. The summed E-state index contributed by atoms with van der Waals surface area (Å²) in [5.74, 6) is -3.65. The number of phosphoric acid groups is 4. The van der Waals surface area contributed by atoms with Gasteiger partial charge in [0.25, 0.3) is 0 Å². The average Bonchev–Trinajstić information content (AvgIpc) is 2.25. The van der Waals surface area contributed by atoms with E-state index in [9.17, 15) is 35.1 Å². The Kier molecular flexibility index (Phi) is 14.2. The topological polar surface area (TPSA) is 410 Å². The fraction of sp³-hybridized carbons (Fsp3) is 0. The molecule has 0 atom stereocenters. The maximum atomic E-state index is 10.2. The molecule has 0 saturated carbocycles. The number of rotatable bonds is 8. The van der Waals surface area contributed by atoms with Crippen molar-refractivity contribution in [3.05, 3.63) is 0 Å². The molecule has 30 heteroatoms. The van der Waals surface area contributed by atoms with Crippen molar-refractivity contribution in [1.29, 1.82) is 0 Å². The molecular formula is C2H10O24P4S2. The Morgan fingerprint density at radius 3 is 0.656 bits per heavy atom. The van der Waals surface area contributed by atoms with E-state index in [2.05, 4.69) is 15.9 Å². The first-order valence-electron chi connectivity index (χ1n) is 5.50. The molecule has 24 nitrogen and oxygen atoms in total. The standard InChI is InChI=1S/C2H2O4.2H4O10P2S/c3-1(4)2(5)6;2*1-11(2,3)9-13(7,8)10-12(4,5)6/h(H,3,4)(H,5,6);2*(H2,1,2,3)(H2,4,5,6). The summed E-state index contributed by atoms with van der Waals surface area (Å²) in [4.78, 5) is 81.6. The first-order chi connectivity index (χ1) is 13.5. The number of carbonyl (C=O) groups is 2. The Balaban J connectivity index is -0.000000422. The third-order valence-corrected chi connectivity index (χ3v) is 6.96. The summed E-state index contributed by atoms with van der Waals surface area (Å²) < 4.78 is 92.2. The molecule has 0 aromatic rings. The number of hydrogen-bond donors (Lipinski definition) is 10. The van der Waals surface area contributed by atoms with Crippen molar-refractivity contribution >= 4 is 64.0 Å². The van der Waals surface area contributed by atoms with Gasteiger partial charge in [0.15, 0.2) is 0 Å². The second-order valence-corrected chi connectivity index (χ2v) is 11.6. The number of aliphatic carboxylic acids is 2. The van der Waals surface area contributed by atoms with E-state index < -0.39 is 64.0 Å². The lowest BCUT2D eigenvalue weighted by molar-refractivity contribution is -0.159. The third-order valence-electron chi connectivity index (χ3n) is 0.936. The molecule has 0 spiro atoms. The lowest BCUT2D eigenvalue weighted by Gasteiger charge is -2.06. The highest BCUT2D eigenvalue weighted by Gasteiger charge is 2.34. The van der Waals surface area contributed by atoms with Crippen molar-refractivity contribution < 1.29 is 110 Å². The van der Waals surface area contributed by atoms with E-state index in [-0.39, 0.29) is 0 Å². The number of carboxylic acids is 2. The van der Waals surface area contributed by atoms with Crippen LogP contribution in [-0.4, -0.2) is 78.1 Å². The van der Waals surface area contributed by atoms with Crippen LogP contribution in [0.25, 0.3) is 0 Å². The van der Waals surface area contributed by atoms with Crippen LogP contribution in [0.5, 0.6) is 0 Å². The molecule has 0 aliphatic heterocycles. The fourth-order valence-corrected chi connectivity index (χ4v) is 5.02. The molecule has 0 fully saturated rings. The van der Waals surface area contributed by atoms with Crippen LogP contribution in [0, 0.1) is 0 Å². The van der Waals surface area contributed by atoms with Gasteiger partial charge < -0.3 is 49.4 Å². The van der Waals surface area contributed by atoms with Crippen molar-refractivity contribution in [3.8, 4) is 0 Å². The first kappa shape index (κ1) is 35.9. The summed E-state index contributed by atoms with van der Waals surface area (Å²) in [7, 11) is -32.6. The van der Waals surface area contributed by atoms with Gasteiger partial charge in [-0.15, -0.1) is 15.9 Å². The van der Waals surface area contributed by atoms with Gasteiger partial charge in [0.1, 0.15) is 0 Å². The molecule has 0 aromatic heterocycles. The highest BCUT2D eigenvalue weighted by molar-refractivity contribution is 7.90. The second kappa shape index (κ2) is 12.7. The van der Waals surface area contributed by atoms with Gasteiger partial charge in [-0.25, -0.2) is 27.8 Å². The molecule has 194 valence electrons. The van der Waals surface area contributed by atoms with Crippen molar-refractivity contribution in [1.82, 2.24) is 0 Å². The Labute approximate surface area is 174 Å². The summed E-state index contributed by atoms with van der Waals surface area (Å²) in [5, 5.41) is 14.8. The first-order valence-corrected chi connectivity index (χ1v) is 14.3. The minimum Gasteiger partial charge on any atom is -0.473 e. The van der Waals surface area contributed by atoms with Gasteiger partial charge in [-0.05, 0) is 0 Å². The van der Waals surface area contributed by atoms with E-state index in [4.69, 9.17) is 58.9 Å². The zero-order valence-corrected chi connectivity index (χ0v) is 19.0. The molecule has 0 unspecified atom stereocenters. The van der Waals surface area contributed by atoms with Crippen LogP contribution < -0.4 is 0 Å². The Morgan fingerprint density at radius 2 is 0.594 bits per heavy atom. The molecule has 0 saturated heterocycles. The third kappa shape index (κ3) is 31.5. The number of carboxylic acid groups (broad SMARTS) is 2. The lowest BCUT2D eigenvalue weighted by Crippen LogP contribution is -2.09. The van der Waals surface area contributed by atoms with E-state index in [0.717, 1.165) is 0 Å². The minimum absolute atomic E-state index is 1.82. The van der Waals surface area contributed by atoms with Crippen molar-refractivity contribution in [2.75, 3.05) is 0 Å². The number of hydrogen-bond acceptors (Lipinski definition) is 14. The normalized spacial score (nSPS) is 13.1. The van der Waals surface area contributed by atoms with Gasteiger partial charge in [0, 0.05) is 0 Å². The van der Waals surface area contributed by atoms with E-state index in [1.165, 1.54) is 0 Å². The SMILES string of the molecule is O=C(O)C(=O)O.O=P(O)(O)OS(=O)(=O)OP(=O)(O)O.O=P(O)(O)OS(=O)(=O)OP(=O)(O)O. The van der Waals surface area contributed by atoms with Crippen LogP contribution in [0.1, 0.15) is 0 Å². The smallest absolute Gasteiger partial charge is 0.473 e. The van der Waals surface area contributed by atoms with E-state index in [1.807, 2.05) is 0 Å².